The molecule has 1 heterocycles. The second-order valence-electron chi connectivity index (χ2n) is 4.01. The van der Waals surface area contributed by atoms with Gasteiger partial charge in [0.15, 0.2) is 0 Å². The summed E-state index contributed by atoms with van der Waals surface area (Å²) in [5, 5.41) is 2.14. The molecule has 2 N–H and O–H groups in total. The van der Waals surface area contributed by atoms with Crippen molar-refractivity contribution in [1.29, 1.82) is 0 Å². The Morgan fingerprint density at radius 2 is 1.80 bits per heavy atom. The molecule has 1 atom stereocenters. The Balaban J connectivity index is 2.43. The van der Waals surface area contributed by atoms with Gasteiger partial charge < -0.3 is 5.73 Å². The molecule has 0 bridgehead atoms. The second-order valence-corrected chi connectivity index (χ2v) is 5.13. The Morgan fingerprint density at radius 1 is 1.13 bits per heavy atom. The van der Waals surface area contributed by atoms with Crippen LogP contribution in [0.4, 0.5) is 0 Å². The first-order chi connectivity index (χ1) is 7.10. The van der Waals surface area contributed by atoms with Crippen molar-refractivity contribution in [3.63, 3.8) is 0 Å². The highest BCUT2D eigenvalue weighted by atomic mass is 32.1. The third-order valence-electron chi connectivity index (χ3n) is 2.70. The molecule has 2 rings (SSSR count). The molecule has 78 valence electrons. The molecule has 0 radical (unpaired) electrons. The lowest BCUT2D eigenvalue weighted by Crippen LogP contribution is -2.33. The largest absolute Gasteiger partial charge is 0.318 e. The number of rotatable bonds is 2. The number of nitrogens with two attached hydrogens (primary N) is 1. The first-order valence-electron chi connectivity index (χ1n) is 5.01. The monoisotopic (exact) mass is 217 g/mol. The summed E-state index contributed by atoms with van der Waals surface area (Å²) in [7, 11) is 0. The molecule has 1 nitrogen and oxygen atoms in total. The van der Waals surface area contributed by atoms with Crippen LogP contribution in [0, 0.1) is 6.92 Å². The molecular weight excluding hydrogens is 202 g/mol. The van der Waals surface area contributed by atoms with Gasteiger partial charge in [0.05, 0.1) is 5.54 Å². The molecule has 0 amide bonds. The van der Waals surface area contributed by atoms with E-state index < -0.39 is 0 Å². The average molecular weight is 217 g/mol. The molecule has 1 aromatic heterocycles. The van der Waals surface area contributed by atoms with Gasteiger partial charge in [-0.1, -0.05) is 30.3 Å². The number of hydrogen-bond donors (Lipinski definition) is 1. The predicted octanol–water partition coefficient (Wildman–Crippen LogP) is 3.28. The van der Waals surface area contributed by atoms with Gasteiger partial charge in [-0.2, -0.15) is 0 Å². The summed E-state index contributed by atoms with van der Waals surface area (Å²) in [5.41, 5.74) is 8.34. The molecule has 2 aromatic rings. The standard InChI is InChI=1S/C13H15NS/c1-10-8-12(9-15-10)13(2,14)11-6-4-3-5-7-11/h3-9H,14H2,1-2H3. The minimum absolute atomic E-state index is 0.383. The molecule has 0 saturated heterocycles. The smallest absolute Gasteiger partial charge is 0.0645 e. The van der Waals surface area contributed by atoms with Crippen LogP contribution in [0.1, 0.15) is 22.9 Å². The van der Waals surface area contributed by atoms with Crippen LogP contribution in [-0.4, -0.2) is 0 Å². The van der Waals surface area contributed by atoms with Crippen LogP contribution in [0.2, 0.25) is 0 Å². The van der Waals surface area contributed by atoms with Crippen molar-refractivity contribution in [3.05, 3.63) is 57.8 Å². The Kier molecular flexibility index (Phi) is 2.63. The maximum Gasteiger partial charge on any atom is 0.0645 e. The molecule has 0 aliphatic carbocycles. The second kappa shape index (κ2) is 3.80. The molecular formula is C13H15NS. The summed E-state index contributed by atoms with van der Waals surface area (Å²) >= 11 is 1.75. The summed E-state index contributed by atoms with van der Waals surface area (Å²) in [6, 6.07) is 12.4. The maximum absolute atomic E-state index is 6.38. The van der Waals surface area contributed by atoms with Gasteiger partial charge >= 0.3 is 0 Å². The van der Waals surface area contributed by atoms with Gasteiger partial charge in [0.1, 0.15) is 0 Å². The lowest BCUT2D eigenvalue weighted by atomic mass is 9.87. The first kappa shape index (κ1) is 10.4. The highest BCUT2D eigenvalue weighted by Gasteiger charge is 2.24. The van der Waals surface area contributed by atoms with Crippen LogP contribution in [-0.2, 0) is 5.54 Å². The van der Waals surface area contributed by atoms with Crippen molar-refractivity contribution in [2.24, 2.45) is 5.73 Å². The van der Waals surface area contributed by atoms with E-state index in [1.54, 1.807) is 11.3 Å². The quantitative estimate of drug-likeness (QED) is 0.820. The maximum atomic E-state index is 6.38. The molecule has 0 fully saturated rings. The van der Waals surface area contributed by atoms with E-state index in [0.29, 0.717) is 0 Å². The number of thiophene rings is 1. The Morgan fingerprint density at radius 3 is 2.33 bits per heavy atom. The van der Waals surface area contributed by atoms with Crippen LogP contribution < -0.4 is 5.73 Å². The SMILES string of the molecule is Cc1cc(C(C)(N)c2ccccc2)cs1. The third kappa shape index (κ3) is 1.96. The molecule has 1 unspecified atom stereocenters. The van der Waals surface area contributed by atoms with E-state index in [2.05, 4.69) is 37.4 Å². The molecule has 15 heavy (non-hydrogen) atoms. The van der Waals surface area contributed by atoms with Crippen molar-refractivity contribution in [2.45, 2.75) is 19.4 Å². The van der Waals surface area contributed by atoms with Crippen molar-refractivity contribution in [2.75, 3.05) is 0 Å². The molecule has 1 aromatic carbocycles. The van der Waals surface area contributed by atoms with Gasteiger partial charge in [-0.05, 0) is 36.4 Å². The Labute approximate surface area is 94.6 Å². The van der Waals surface area contributed by atoms with Crippen molar-refractivity contribution < 1.29 is 0 Å². The van der Waals surface area contributed by atoms with E-state index in [0.717, 1.165) is 5.56 Å². The fourth-order valence-electron chi connectivity index (χ4n) is 1.67. The summed E-state index contributed by atoms with van der Waals surface area (Å²) in [4.78, 5) is 1.30. The fourth-order valence-corrected chi connectivity index (χ4v) is 2.49. The Hall–Kier alpha value is -1.12. The Bertz CT molecular complexity index is 443. The highest BCUT2D eigenvalue weighted by Crippen LogP contribution is 2.29. The summed E-state index contributed by atoms with van der Waals surface area (Å²) < 4.78 is 0. The topological polar surface area (TPSA) is 26.0 Å². The van der Waals surface area contributed by atoms with Crippen LogP contribution in [0.3, 0.4) is 0 Å². The van der Waals surface area contributed by atoms with Crippen molar-refractivity contribution in [1.82, 2.24) is 0 Å². The zero-order valence-electron chi connectivity index (χ0n) is 9.03. The first-order valence-corrected chi connectivity index (χ1v) is 5.88. The van der Waals surface area contributed by atoms with Crippen LogP contribution in [0.5, 0.6) is 0 Å². The number of benzene rings is 1. The number of hydrogen-bond acceptors (Lipinski definition) is 2. The summed E-state index contributed by atoms with van der Waals surface area (Å²) in [6.45, 7) is 4.17. The van der Waals surface area contributed by atoms with Gasteiger partial charge in [0, 0.05) is 4.88 Å². The van der Waals surface area contributed by atoms with Crippen molar-refractivity contribution in [3.8, 4) is 0 Å². The lowest BCUT2D eigenvalue weighted by molar-refractivity contribution is 0.605. The van der Waals surface area contributed by atoms with Crippen molar-refractivity contribution >= 4 is 11.3 Å². The minimum Gasteiger partial charge on any atom is -0.318 e. The summed E-state index contributed by atoms with van der Waals surface area (Å²) in [5.74, 6) is 0. The highest BCUT2D eigenvalue weighted by molar-refractivity contribution is 7.10. The van der Waals surface area contributed by atoms with E-state index in [9.17, 15) is 0 Å². The normalized spacial score (nSPS) is 14.9. The van der Waals surface area contributed by atoms with Gasteiger partial charge in [-0.15, -0.1) is 11.3 Å². The van der Waals surface area contributed by atoms with Gasteiger partial charge in [-0.3, -0.25) is 0 Å². The third-order valence-corrected chi connectivity index (χ3v) is 3.57. The van der Waals surface area contributed by atoms with E-state index in [-0.39, 0.29) is 5.54 Å². The molecule has 2 heteroatoms. The molecule has 0 aliphatic heterocycles. The molecule has 0 aliphatic rings. The van der Waals surface area contributed by atoms with E-state index in [1.807, 2.05) is 18.2 Å². The van der Waals surface area contributed by atoms with Crippen LogP contribution in [0.15, 0.2) is 41.8 Å². The zero-order valence-corrected chi connectivity index (χ0v) is 9.84. The van der Waals surface area contributed by atoms with E-state index in [1.165, 1.54) is 10.4 Å². The summed E-state index contributed by atoms with van der Waals surface area (Å²) in [6.07, 6.45) is 0. The van der Waals surface area contributed by atoms with E-state index >= 15 is 0 Å². The number of aryl methyl sites for hydroxylation is 1. The van der Waals surface area contributed by atoms with Crippen LogP contribution >= 0.6 is 11.3 Å². The lowest BCUT2D eigenvalue weighted by Gasteiger charge is -2.24. The predicted molar refractivity (Wildman–Crippen MR) is 66.1 cm³/mol. The zero-order chi connectivity index (χ0) is 10.9. The molecule has 0 spiro atoms. The molecule has 0 saturated carbocycles. The van der Waals surface area contributed by atoms with E-state index in [4.69, 9.17) is 5.73 Å². The van der Waals surface area contributed by atoms with Gasteiger partial charge in [0.2, 0.25) is 0 Å². The van der Waals surface area contributed by atoms with Gasteiger partial charge in [-0.25, -0.2) is 0 Å². The van der Waals surface area contributed by atoms with Gasteiger partial charge in [0.25, 0.3) is 0 Å². The fraction of sp³-hybridized carbons (Fsp3) is 0.231. The minimum atomic E-state index is -0.383. The van der Waals surface area contributed by atoms with Crippen LogP contribution in [0.25, 0.3) is 0 Å². The average Bonchev–Trinajstić information content (AvgIpc) is 2.67.